The Balaban J connectivity index is 3.00. The summed E-state index contributed by atoms with van der Waals surface area (Å²) in [5, 5.41) is 6.28. The van der Waals surface area contributed by atoms with E-state index in [4.69, 9.17) is 5.73 Å². The maximum atomic E-state index is 11.0. The normalized spacial score (nSPS) is 11.1. The molecule has 0 spiro atoms. The number of anilines is 2. The van der Waals surface area contributed by atoms with Gasteiger partial charge in [-0.05, 0) is 20.3 Å². The van der Waals surface area contributed by atoms with E-state index in [9.17, 15) is 4.79 Å². The fraction of sp³-hybridized carbons (Fsp3) is 0.583. The van der Waals surface area contributed by atoms with Crippen LogP contribution in [-0.4, -0.2) is 28.5 Å². The van der Waals surface area contributed by atoms with E-state index in [1.165, 1.54) is 6.33 Å². The molecule has 4 N–H and O–H groups in total. The van der Waals surface area contributed by atoms with Gasteiger partial charge >= 0.3 is 0 Å². The Bertz CT molecular complexity index is 430. The van der Waals surface area contributed by atoms with E-state index in [-0.39, 0.29) is 12.3 Å². The molecule has 6 heteroatoms. The highest BCUT2D eigenvalue weighted by Crippen LogP contribution is 2.24. The predicted octanol–water partition coefficient (Wildman–Crippen LogP) is 1.15. The molecule has 1 aromatic rings. The molecular formula is C12H21N5O. The molecule has 0 fully saturated rings. The Morgan fingerprint density at radius 3 is 2.50 bits per heavy atom. The predicted molar refractivity (Wildman–Crippen MR) is 72.5 cm³/mol. The molecule has 1 aromatic heterocycles. The third-order valence-corrected chi connectivity index (χ3v) is 2.61. The molecule has 1 rings (SSSR count). The number of hydrogen-bond donors (Lipinski definition) is 3. The van der Waals surface area contributed by atoms with E-state index in [1.807, 2.05) is 27.8 Å². The summed E-state index contributed by atoms with van der Waals surface area (Å²) >= 11 is 0. The average molecular weight is 251 g/mol. The van der Waals surface area contributed by atoms with Gasteiger partial charge in [0.1, 0.15) is 18.0 Å². The molecule has 0 aliphatic carbocycles. The molecule has 1 amide bonds. The van der Waals surface area contributed by atoms with E-state index in [0.29, 0.717) is 0 Å². The molecule has 100 valence electrons. The van der Waals surface area contributed by atoms with Crippen molar-refractivity contribution >= 4 is 17.5 Å². The van der Waals surface area contributed by atoms with Crippen molar-refractivity contribution in [2.24, 2.45) is 5.73 Å². The number of primary amides is 1. The molecule has 0 aliphatic heterocycles. The number of carbonyl (C=O) groups is 1. The van der Waals surface area contributed by atoms with E-state index < -0.39 is 5.54 Å². The highest BCUT2D eigenvalue weighted by Gasteiger charge is 2.22. The lowest BCUT2D eigenvalue weighted by molar-refractivity contribution is -0.118. The van der Waals surface area contributed by atoms with Crippen molar-refractivity contribution in [2.45, 2.75) is 39.2 Å². The third kappa shape index (κ3) is 3.58. The molecule has 0 saturated heterocycles. The fourth-order valence-electron chi connectivity index (χ4n) is 1.87. The largest absolute Gasteiger partial charge is 0.373 e. The summed E-state index contributed by atoms with van der Waals surface area (Å²) in [6, 6.07) is 0. The van der Waals surface area contributed by atoms with Crippen molar-refractivity contribution in [3.63, 3.8) is 0 Å². The number of nitrogens with two attached hydrogens (primary N) is 1. The quantitative estimate of drug-likeness (QED) is 0.705. The molecule has 0 atom stereocenters. The van der Waals surface area contributed by atoms with Crippen molar-refractivity contribution in [1.82, 2.24) is 9.97 Å². The number of nitrogens with one attached hydrogen (secondary N) is 2. The molecule has 0 aliphatic rings. The number of hydrogen-bond acceptors (Lipinski definition) is 5. The number of nitrogens with zero attached hydrogens (tertiary/aromatic N) is 2. The summed E-state index contributed by atoms with van der Waals surface area (Å²) in [6.45, 7) is 5.86. The number of carbonyl (C=O) groups excluding carboxylic acids is 1. The minimum absolute atomic E-state index is 0.245. The van der Waals surface area contributed by atoms with Crippen LogP contribution in [0.3, 0.4) is 0 Å². The van der Waals surface area contributed by atoms with Crippen LogP contribution < -0.4 is 16.4 Å². The first kappa shape index (κ1) is 14.2. The van der Waals surface area contributed by atoms with Crippen LogP contribution in [0.25, 0.3) is 0 Å². The summed E-state index contributed by atoms with van der Waals surface area (Å²) in [7, 11) is 1.82. The summed E-state index contributed by atoms with van der Waals surface area (Å²) in [5.41, 5.74) is 5.80. The molecule has 1 heterocycles. The second-order valence-corrected chi connectivity index (χ2v) is 4.80. The van der Waals surface area contributed by atoms with Crippen LogP contribution in [0, 0.1) is 0 Å². The SMILES string of the molecule is CCc1c(NC)ncnc1NC(C)(C)CC(N)=O. The van der Waals surface area contributed by atoms with Crippen LogP contribution >= 0.6 is 0 Å². The molecule has 0 bridgehead atoms. The van der Waals surface area contributed by atoms with E-state index in [0.717, 1.165) is 23.6 Å². The summed E-state index contributed by atoms with van der Waals surface area (Å²) < 4.78 is 0. The van der Waals surface area contributed by atoms with E-state index in [2.05, 4.69) is 20.6 Å². The topological polar surface area (TPSA) is 92.9 Å². The lowest BCUT2D eigenvalue weighted by Gasteiger charge is -2.27. The van der Waals surface area contributed by atoms with Gasteiger partial charge in [-0.2, -0.15) is 0 Å². The van der Waals surface area contributed by atoms with Gasteiger partial charge in [-0.1, -0.05) is 6.92 Å². The summed E-state index contributed by atoms with van der Waals surface area (Å²) in [6.07, 6.45) is 2.54. The van der Waals surface area contributed by atoms with E-state index >= 15 is 0 Å². The van der Waals surface area contributed by atoms with Gasteiger partial charge in [0.2, 0.25) is 5.91 Å². The van der Waals surface area contributed by atoms with Gasteiger partial charge in [-0.25, -0.2) is 9.97 Å². The van der Waals surface area contributed by atoms with Crippen molar-refractivity contribution in [1.29, 1.82) is 0 Å². The van der Waals surface area contributed by atoms with Crippen molar-refractivity contribution in [3.8, 4) is 0 Å². The first-order valence-electron chi connectivity index (χ1n) is 5.97. The van der Waals surface area contributed by atoms with Crippen molar-refractivity contribution in [3.05, 3.63) is 11.9 Å². The first-order valence-corrected chi connectivity index (χ1v) is 5.97. The standard InChI is InChI=1S/C12H21N5O/c1-5-8-10(14-4)15-7-16-11(8)17-12(2,3)6-9(13)18/h7H,5-6H2,1-4H3,(H2,13,18)(H2,14,15,16,17). The maximum Gasteiger partial charge on any atom is 0.219 e. The van der Waals surface area contributed by atoms with Crippen LogP contribution in [0.15, 0.2) is 6.33 Å². The first-order chi connectivity index (χ1) is 8.39. The minimum Gasteiger partial charge on any atom is -0.373 e. The van der Waals surface area contributed by atoms with Crippen molar-refractivity contribution < 1.29 is 4.79 Å². The average Bonchev–Trinajstić information content (AvgIpc) is 2.26. The summed E-state index contributed by atoms with van der Waals surface area (Å²) in [4.78, 5) is 19.4. The summed E-state index contributed by atoms with van der Waals surface area (Å²) in [5.74, 6) is 1.20. The molecule has 0 radical (unpaired) electrons. The highest BCUT2D eigenvalue weighted by molar-refractivity contribution is 5.75. The Hall–Kier alpha value is -1.85. The second kappa shape index (κ2) is 5.66. The van der Waals surface area contributed by atoms with Crippen LogP contribution in [-0.2, 0) is 11.2 Å². The third-order valence-electron chi connectivity index (χ3n) is 2.61. The van der Waals surface area contributed by atoms with Crippen LogP contribution in [0.2, 0.25) is 0 Å². The second-order valence-electron chi connectivity index (χ2n) is 4.80. The molecule has 0 saturated carbocycles. The highest BCUT2D eigenvalue weighted by atomic mass is 16.1. The maximum absolute atomic E-state index is 11.0. The zero-order chi connectivity index (χ0) is 13.8. The number of aromatic nitrogens is 2. The zero-order valence-electron chi connectivity index (χ0n) is 11.4. The van der Waals surface area contributed by atoms with Crippen LogP contribution in [0.1, 0.15) is 32.8 Å². The van der Waals surface area contributed by atoms with Crippen LogP contribution in [0.5, 0.6) is 0 Å². The van der Waals surface area contributed by atoms with Gasteiger partial charge in [0.05, 0.1) is 0 Å². The molecule has 6 nitrogen and oxygen atoms in total. The van der Waals surface area contributed by atoms with Gasteiger partial charge < -0.3 is 16.4 Å². The smallest absolute Gasteiger partial charge is 0.219 e. The van der Waals surface area contributed by atoms with Gasteiger partial charge in [0.25, 0.3) is 0 Å². The fourth-order valence-corrected chi connectivity index (χ4v) is 1.87. The lowest BCUT2D eigenvalue weighted by atomic mass is 10.00. The van der Waals surface area contributed by atoms with Gasteiger partial charge in [-0.15, -0.1) is 0 Å². The van der Waals surface area contributed by atoms with E-state index in [1.54, 1.807) is 0 Å². The molecule has 0 unspecified atom stereocenters. The van der Waals surface area contributed by atoms with Crippen molar-refractivity contribution in [2.75, 3.05) is 17.7 Å². The molecule has 18 heavy (non-hydrogen) atoms. The Labute approximate surface area is 107 Å². The number of amides is 1. The van der Waals surface area contributed by atoms with Gasteiger partial charge in [0.15, 0.2) is 0 Å². The Morgan fingerprint density at radius 1 is 1.39 bits per heavy atom. The lowest BCUT2D eigenvalue weighted by Crippen LogP contribution is -2.36. The monoisotopic (exact) mass is 251 g/mol. The molecule has 0 aromatic carbocycles. The molecular weight excluding hydrogens is 230 g/mol. The van der Waals surface area contributed by atoms with Crippen LogP contribution in [0.4, 0.5) is 11.6 Å². The zero-order valence-corrected chi connectivity index (χ0v) is 11.4. The Morgan fingerprint density at radius 2 is 2.00 bits per heavy atom. The number of rotatable bonds is 6. The van der Waals surface area contributed by atoms with Gasteiger partial charge in [0, 0.05) is 24.6 Å². The minimum atomic E-state index is -0.435. The van der Waals surface area contributed by atoms with Gasteiger partial charge in [-0.3, -0.25) is 4.79 Å². The Kier molecular flexibility index (Phi) is 4.47.